The van der Waals surface area contributed by atoms with E-state index in [0.717, 1.165) is 12.8 Å². The molecule has 2 N–H and O–H groups in total. The maximum atomic E-state index is 12.0. The zero-order valence-corrected chi connectivity index (χ0v) is 11.5. The molecule has 2 aromatic heterocycles. The van der Waals surface area contributed by atoms with Crippen molar-refractivity contribution in [1.82, 2.24) is 19.7 Å². The number of rotatable bonds is 4. The first kappa shape index (κ1) is 13.1. The van der Waals surface area contributed by atoms with E-state index in [1.807, 2.05) is 0 Å². The minimum Gasteiger partial charge on any atom is -0.381 e. The lowest BCUT2D eigenvalue weighted by molar-refractivity contribution is 0.0662. The largest absolute Gasteiger partial charge is 0.381 e. The number of nitrogens with one attached hydrogen (secondary N) is 2. The molecule has 3 heterocycles. The number of hydrogen-bond acceptors (Lipinski definition) is 5. The van der Waals surface area contributed by atoms with E-state index in [1.54, 1.807) is 10.9 Å². The molecule has 9 heteroatoms. The first-order valence-corrected chi connectivity index (χ1v) is 7.76. The SMILES string of the molecule is O=S(=O)(Nc1cnn(C2CCOCC2)c1)c1cnc[nH]1. The van der Waals surface area contributed by atoms with Crippen LogP contribution >= 0.6 is 0 Å². The highest BCUT2D eigenvalue weighted by molar-refractivity contribution is 7.92. The predicted octanol–water partition coefficient (Wildman–Crippen LogP) is 0.758. The van der Waals surface area contributed by atoms with Crippen molar-refractivity contribution < 1.29 is 13.2 Å². The number of imidazole rings is 1. The number of H-pyrrole nitrogens is 1. The average Bonchev–Trinajstić information content (AvgIpc) is 3.10. The molecular weight excluding hydrogens is 282 g/mol. The van der Waals surface area contributed by atoms with Gasteiger partial charge >= 0.3 is 0 Å². The Labute approximate surface area is 116 Å². The van der Waals surface area contributed by atoms with Gasteiger partial charge in [0.15, 0.2) is 5.03 Å². The third kappa shape index (κ3) is 2.68. The van der Waals surface area contributed by atoms with Gasteiger partial charge in [0.1, 0.15) is 0 Å². The lowest BCUT2D eigenvalue weighted by atomic mass is 10.1. The smallest absolute Gasteiger partial charge is 0.279 e. The van der Waals surface area contributed by atoms with Crippen molar-refractivity contribution in [1.29, 1.82) is 0 Å². The maximum Gasteiger partial charge on any atom is 0.279 e. The number of ether oxygens (including phenoxy) is 1. The molecule has 0 atom stereocenters. The molecule has 108 valence electrons. The van der Waals surface area contributed by atoms with E-state index in [0.29, 0.717) is 18.9 Å². The zero-order chi connectivity index (χ0) is 14.0. The molecule has 20 heavy (non-hydrogen) atoms. The second kappa shape index (κ2) is 5.25. The monoisotopic (exact) mass is 297 g/mol. The molecule has 1 aliphatic rings. The number of hydrogen-bond donors (Lipinski definition) is 2. The fraction of sp³-hybridized carbons (Fsp3) is 0.455. The van der Waals surface area contributed by atoms with Crippen LogP contribution in [0.15, 0.2) is 29.9 Å². The third-order valence-corrected chi connectivity index (χ3v) is 4.49. The van der Waals surface area contributed by atoms with Gasteiger partial charge < -0.3 is 9.72 Å². The van der Waals surface area contributed by atoms with E-state index in [2.05, 4.69) is 19.8 Å². The van der Waals surface area contributed by atoms with Gasteiger partial charge in [0.2, 0.25) is 0 Å². The van der Waals surface area contributed by atoms with Crippen LogP contribution in [-0.4, -0.2) is 41.4 Å². The molecule has 0 amide bonds. The lowest BCUT2D eigenvalue weighted by Gasteiger charge is -2.22. The fourth-order valence-corrected chi connectivity index (χ4v) is 3.07. The van der Waals surface area contributed by atoms with E-state index in [9.17, 15) is 8.42 Å². The van der Waals surface area contributed by atoms with E-state index < -0.39 is 10.0 Å². The minimum atomic E-state index is -3.63. The number of nitrogens with zero attached hydrogens (tertiary/aromatic N) is 3. The van der Waals surface area contributed by atoms with E-state index in [1.165, 1.54) is 18.7 Å². The Bertz CT molecular complexity index is 658. The molecule has 0 radical (unpaired) electrons. The molecular formula is C11H15N5O3S. The summed E-state index contributed by atoms with van der Waals surface area (Å²) >= 11 is 0. The third-order valence-electron chi connectivity index (χ3n) is 3.18. The van der Waals surface area contributed by atoms with Crippen molar-refractivity contribution in [2.75, 3.05) is 17.9 Å². The van der Waals surface area contributed by atoms with Crippen molar-refractivity contribution in [3.63, 3.8) is 0 Å². The first-order valence-electron chi connectivity index (χ1n) is 6.28. The van der Waals surface area contributed by atoms with E-state index >= 15 is 0 Å². The highest BCUT2D eigenvalue weighted by Crippen LogP contribution is 2.22. The molecule has 0 aliphatic carbocycles. The Balaban J connectivity index is 1.74. The highest BCUT2D eigenvalue weighted by atomic mass is 32.2. The Hall–Kier alpha value is -1.87. The molecule has 0 aromatic carbocycles. The Morgan fingerprint density at radius 2 is 2.15 bits per heavy atom. The van der Waals surface area contributed by atoms with Crippen molar-refractivity contribution >= 4 is 15.7 Å². The van der Waals surface area contributed by atoms with Gasteiger partial charge in [-0.25, -0.2) is 4.98 Å². The molecule has 0 spiro atoms. The molecule has 0 bridgehead atoms. The van der Waals surface area contributed by atoms with E-state index in [-0.39, 0.29) is 11.1 Å². The topological polar surface area (TPSA) is 102 Å². The number of anilines is 1. The van der Waals surface area contributed by atoms with Crippen LogP contribution in [0.25, 0.3) is 0 Å². The van der Waals surface area contributed by atoms with Crippen LogP contribution in [0.1, 0.15) is 18.9 Å². The van der Waals surface area contributed by atoms with Gasteiger partial charge in [0, 0.05) is 19.4 Å². The summed E-state index contributed by atoms with van der Waals surface area (Å²) in [6, 6.07) is 0.258. The summed E-state index contributed by atoms with van der Waals surface area (Å²) < 4.78 is 33.6. The second-order valence-corrected chi connectivity index (χ2v) is 6.22. The van der Waals surface area contributed by atoms with E-state index in [4.69, 9.17) is 4.74 Å². The standard InChI is InChI=1S/C11H15N5O3S/c17-20(18,11-6-12-8-13-11)15-9-5-14-16(7-9)10-1-3-19-4-2-10/h5-8,10,15H,1-4H2,(H,12,13). The molecule has 1 saturated heterocycles. The Morgan fingerprint density at radius 3 is 2.85 bits per heavy atom. The summed E-state index contributed by atoms with van der Waals surface area (Å²) in [6.45, 7) is 1.42. The lowest BCUT2D eigenvalue weighted by Crippen LogP contribution is -2.19. The summed E-state index contributed by atoms with van der Waals surface area (Å²) in [4.78, 5) is 6.26. The minimum absolute atomic E-state index is 0.0244. The Kier molecular flexibility index (Phi) is 3.45. The van der Waals surface area contributed by atoms with Gasteiger partial charge in [-0.05, 0) is 12.8 Å². The summed E-state index contributed by atoms with van der Waals surface area (Å²) in [6.07, 6.45) is 7.54. The summed E-state index contributed by atoms with van der Waals surface area (Å²) in [5, 5.41) is 4.24. The molecule has 0 unspecified atom stereocenters. The van der Waals surface area contributed by atoms with Crippen LogP contribution in [0.5, 0.6) is 0 Å². The summed E-state index contributed by atoms with van der Waals surface area (Å²) in [7, 11) is -3.63. The molecule has 0 saturated carbocycles. The van der Waals surface area contributed by atoms with Crippen molar-refractivity contribution in [2.45, 2.75) is 23.9 Å². The number of sulfonamides is 1. The van der Waals surface area contributed by atoms with Crippen LogP contribution in [0.2, 0.25) is 0 Å². The van der Waals surface area contributed by atoms with Crippen LogP contribution in [0, 0.1) is 0 Å². The second-order valence-electron chi connectivity index (χ2n) is 4.57. The molecule has 1 aliphatic heterocycles. The van der Waals surface area contributed by atoms with Crippen LogP contribution in [0.4, 0.5) is 5.69 Å². The van der Waals surface area contributed by atoms with Crippen LogP contribution in [-0.2, 0) is 14.8 Å². The van der Waals surface area contributed by atoms with Gasteiger partial charge in [0.05, 0.1) is 30.5 Å². The highest BCUT2D eigenvalue weighted by Gasteiger charge is 2.19. The van der Waals surface area contributed by atoms with Gasteiger partial charge in [0.25, 0.3) is 10.0 Å². The van der Waals surface area contributed by atoms with Gasteiger partial charge in [-0.15, -0.1) is 0 Å². The zero-order valence-electron chi connectivity index (χ0n) is 10.7. The van der Waals surface area contributed by atoms with Crippen molar-refractivity contribution in [3.8, 4) is 0 Å². The molecule has 3 rings (SSSR count). The average molecular weight is 297 g/mol. The normalized spacial score (nSPS) is 17.2. The maximum absolute atomic E-state index is 12.0. The first-order chi connectivity index (χ1) is 9.65. The van der Waals surface area contributed by atoms with Gasteiger partial charge in [-0.1, -0.05) is 0 Å². The summed E-state index contributed by atoms with van der Waals surface area (Å²) in [5.41, 5.74) is 0.436. The van der Waals surface area contributed by atoms with Crippen LogP contribution < -0.4 is 4.72 Å². The number of aromatic amines is 1. The van der Waals surface area contributed by atoms with Crippen LogP contribution in [0.3, 0.4) is 0 Å². The van der Waals surface area contributed by atoms with Gasteiger partial charge in [-0.2, -0.15) is 13.5 Å². The Morgan fingerprint density at radius 1 is 1.35 bits per heavy atom. The van der Waals surface area contributed by atoms with Crippen molar-refractivity contribution in [3.05, 3.63) is 24.9 Å². The quantitative estimate of drug-likeness (QED) is 0.867. The molecule has 8 nitrogen and oxygen atoms in total. The fourth-order valence-electron chi connectivity index (χ4n) is 2.14. The van der Waals surface area contributed by atoms with Gasteiger partial charge in [-0.3, -0.25) is 9.40 Å². The van der Waals surface area contributed by atoms with Crippen molar-refractivity contribution in [2.24, 2.45) is 0 Å². The predicted molar refractivity (Wildman–Crippen MR) is 70.7 cm³/mol. The molecule has 1 fully saturated rings. The number of aromatic nitrogens is 4. The molecule has 2 aromatic rings. The summed E-state index contributed by atoms with van der Waals surface area (Å²) in [5.74, 6) is 0.